The lowest BCUT2D eigenvalue weighted by molar-refractivity contribution is -0.117. The van der Waals surface area contributed by atoms with Gasteiger partial charge in [0.2, 0.25) is 5.91 Å². The summed E-state index contributed by atoms with van der Waals surface area (Å²) in [5.41, 5.74) is 10.9. The van der Waals surface area contributed by atoms with E-state index in [9.17, 15) is 9.59 Å². The van der Waals surface area contributed by atoms with Crippen LogP contribution in [0.1, 0.15) is 17.3 Å². The maximum Gasteiger partial charge on any atom is 0.335 e. The highest BCUT2D eigenvalue weighted by molar-refractivity contribution is 5.97. The number of aromatic carboxylic acids is 1. The molecule has 0 fully saturated rings. The van der Waals surface area contributed by atoms with Gasteiger partial charge in [-0.1, -0.05) is 24.3 Å². The minimum absolute atomic E-state index is 0.239. The fraction of sp³-hybridized carbons (Fsp3) is 0.0870. The van der Waals surface area contributed by atoms with Gasteiger partial charge in [-0.3, -0.25) is 4.79 Å². The monoisotopic (exact) mass is 400 g/mol. The average molecular weight is 400 g/mol. The molecule has 0 bridgehead atoms. The summed E-state index contributed by atoms with van der Waals surface area (Å²) < 4.78 is 0. The second-order valence-electron chi connectivity index (χ2n) is 7.06. The number of amides is 1. The molecule has 5 N–H and O–H groups in total. The van der Waals surface area contributed by atoms with E-state index in [1.54, 1.807) is 37.4 Å². The minimum Gasteiger partial charge on any atom is -0.478 e. The van der Waals surface area contributed by atoms with Crippen LogP contribution in [0.3, 0.4) is 0 Å². The molecule has 1 unspecified atom stereocenters. The number of carbonyl (C=O) groups excluding carboxylic acids is 1. The predicted octanol–water partition coefficient (Wildman–Crippen LogP) is 3.88. The summed E-state index contributed by atoms with van der Waals surface area (Å²) in [4.78, 5) is 30.6. The number of benzene rings is 2. The zero-order valence-electron chi connectivity index (χ0n) is 16.2. The molecule has 4 rings (SSSR count). The van der Waals surface area contributed by atoms with Crippen molar-refractivity contribution in [2.75, 3.05) is 5.32 Å². The summed E-state index contributed by atoms with van der Waals surface area (Å²) in [6.45, 7) is 1.63. The van der Waals surface area contributed by atoms with Crippen molar-refractivity contribution >= 4 is 28.6 Å². The molecule has 2 aromatic heterocycles. The third-order valence-corrected chi connectivity index (χ3v) is 4.85. The molecule has 0 saturated heterocycles. The van der Waals surface area contributed by atoms with Crippen molar-refractivity contribution in [2.45, 2.75) is 13.0 Å². The van der Waals surface area contributed by atoms with E-state index >= 15 is 0 Å². The van der Waals surface area contributed by atoms with Crippen molar-refractivity contribution in [3.8, 4) is 22.3 Å². The number of fused-ring (bicyclic) bond motifs is 1. The van der Waals surface area contributed by atoms with Crippen LogP contribution in [0.25, 0.3) is 33.3 Å². The average Bonchev–Trinajstić information content (AvgIpc) is 3.17. The van der Waals surface area contributed by atoms with Gasteiger partial charge in [0.25, 0.3) is 0 Å². The largest absolute Gasteiger partial charge is 0.478 e. The van der Waals surface area contributed by atoms with Gasteiger partial charge in [-0.2, -0.15) is 0 Å². The summed E-state index contributed by atoms with van der Waals surface area (Å²) in [5.74, 6) is -1.21. The number of pyridine rings is 1. The summed E-state index contributed by atoms with van der Waals surface area (Å²) >= 11 is 0. The SMILES string of the molecule is CC(N)C(=O)Nc1cccc(-c2cnc3[nH]cc(-c4ccc(C(=O)O)cc4)c3c2)c1. The predicted molar refractivity (Wildman–Crippen MR) is 116 cm³/mol. The number of carboxylic acids is 1. The Kier molecular flexibility index (Phi) is 5.04. The van der Waals surface area contributed by atoms with Gasteiger partial charge in [0.05, 0.1) is 11.6 Å². The Morgan fingerprint density at radius 2 is 1.83 bits per heavy atom. The molecular weight excluding hydrogens is 380 g/mol. The number of aromatic amines is 1. The number of nitrogens with one attached hydrogen (secondary N) is 2. The second kappa shape index (κ2) is 7.81. The third kappa shape index (κ3) is 3.78. The molecule has 30 heavy (non-hydrogen) atoms. The van der Waals surface area contributed by atoms with Gasteiger partial charge in [-0.05, 0) is 48.4 Å². The standard InChI is InChI=1S/C23H20N4O3/c1-13(24)22(28)27-18-4-2-3-16(9-18)17-10-19-20(12-26-21(19)25-11-17)14-5-7-15(8-6-14)23(29)30/h2-13H,24H2,1H3,(H,25,26)(H,27,28)(H,29,30). The number of rotatable bonds is 5. The van der Waals surface area contributed by atoms with Crippen molar-refractivity contribution in [1.29, 1.82) is 0 Å². The fourth-order valence-electron chi connectivity index (χ4n) is 3.23. The van der Waals surface area contributed by atoms with Crippen LogP contribution in [0.15, 0.2) is 67.0 Å². The number of hydrogen-bond acceptors (Lipinski definition) is 4. The first-order chi connectivity index (χ1) is 14.4. The van der Waals surface area contributed by atoms with Crippen molar-refractivity contribution in [2.24, 2.45) is 5.73 Å². The molecule has 7 nitrogen and oxygen atoms in total. The van der Waals surface area contributed by atoms with E-state index in [0.29, 0.717) is 5.69 Å². The van der Waals surface area contributed by atoms with Crippen LogP contribution in [0.5, 0.6) is 0 Å². The molecule has 0 saturated carbocycles. The van der Waals surface area contributed by atoms with Crippen LogP contribution in [-0.2, 0) is 4.79 Å². The first-order valence-corrected chi connectivity index (χ1v) is 9.40. The zero-order valence-corrected chi connectivity index (χ0v) is 16.2. The van der Waals surface area contributed by atoms with Gasteiger partial charge in [0.1, 0.15) is 5.65 Å². The smallest absolute Gasteiger partial charge is 0.335 e. The third-order valence-electron chi connectivity index (χ3n) is 4.85. The van der Waals surface area contributed by atoms with E-state index in [-0.39, 0.29) is 11.5 Å². The Hall–Kier alpha value is -3.97. The van der Waals surface area contributed by atoms with Crippen LogP contribution in [-0.4, -0.2) is 33.0 Å². The maximum atomic E-state index is 11.9. The van der Waals surface area contributed by atoms with Gasteiger partial charge < -0.3 is 21.1 Å². The van der Waals surface area contributed by atoms with Crippen molar-refractivity contribution in [3.63, 3.8) is 0 Å². The lowest BCUT2D eigenvalue weighted by atomic mass is 10.0. The Labute approximate surface area is 172 Å². The summed E-state index contributed by atoms with van der Waals surface area (Å²) in [7, 11) is 0. The van der Waals surface area contributed by atoms with Gasteiger partial charge >= 0.3 is 5.97 Å². The number of aromatic nitrogens is 2. The molecule has 0 aliphatic rings. The van der Waals surface area contributed by atoms with E-state index in [0.717, 1.165) is 33.3 Å². The Balaban J connectivity index is 1.71. The number of hydrogen-bond donors (Lipinski definition) is 4. The summed E-state index contributed by atoms with van der Waals surface area (Å²) in [5, 5.41) is 12.8. The molecule has 1 atom stereocenters. The lowest BCUT2D eigenvalue weighted by Crippen LogP contribution is -2.32. The van der Waals surface area contributed by atoms with Crippen LogP contribution in [0, 0.1) is 0 Å². The normalized spacial score (nSPS) is 11.9. The number of carboxylic acid groups (broad SMARTS) is 1. The number of H-pyrrole nitrogens is 1. The maximum absolute atomic E-state index is 11.9. The topological polar surface area (TPSA) is 121 Å². The minimum atomic E-state index is -0.958. The van der Waals surface area contributed by atoms with Crippen molar-refractivity contribution < 1.29 is 14.7 Å². The highest BCUT2D eigenvalue weighted by atomic mass is 16.4. The van der Waals surface area contributed by atoms with E-state index in [1.807, 2.05) is 36.5 Å². The molecule has 150 valence electrons. The van der Waals surface area contributed by atoms with Crippen LogP contribution in [0.2, 0.25) is 0 Å². The molecule has 0 spiro atoms. The van der Waals surface area contributed by atoms with E-state index in [2.05, 4.69) is 15.3 Å². The highest BCUT2D eigenvalue weighted by Crippen LogP contribution is 2.31. The van der Waals surface area contributed by atoms with Crippen LogP contribution in [0.4, 0.5) is 5.69 Å². The Morgan fingerprint density at radius 3 is 2.53 bits per heavy atom. The Bertz CT molecular complexity index is 1240. The first kappa shape index (κ1) is 19.4. The number of anilines is 1. The number of carbonyl (C=O) groups is 2. The molecule has 4 aromatic rings. The second-order valence-corrected chi connectivity index (χ2v) is 7.06. The molecule has 2 aromatic carbocycles. The van der Waals surface area contributed by atoms with Gasteiger partial charge in [0.15, 0.2) is 0 Å². The zero-order chi connectivity index (χ0) is 21.3. The van der Waals surface area contributed by atoms with Crippen LogP contribution < -0.4 is 11.1 Å². The first-order valence-electron chi connectivity index (χ1n) is 9.40. The Morgan fingerprint density at radius 1 is 1.07 bits per heavy atom. The van der Waals surface area contributed by atoms with Crippen LogP contribution >= 0.6 is 0 Å². The summed E-state index contributed by atoms with van der Waals surface area (Å²) in [6, 6.07) is 15.6. The lowest BCUT2D eigenvalue weighted by Gasteiger charge is -2.10. The molecule has 0 radical (unpaired) electrons. The van der Waals surface area contributed by atoms with E-state index in [1.165, 1.54) is 0 Å². The van der Waals surface area contributed by atoms with Crippen molar-refractivity contribution in [3.05, 3.63) is 72.6 Å². The number of nitrogens with zero attached hydrogens (tertiary/aromatic N) is 1. The van der Waals surface area contributed by atoms with Gasteiger partial charge in [-0.25, -0.2) is 9.78 Å². The highest BCUT2D eigenvalue weighted by Gasteiger charge is 2.12. The quantitative estimate of drug-likeness (QED) is 0.405. The molecule has 7 heteroatoms. The van der Waals surface area contributed by atoms with E-state index < -0.39 is 12.0 Å². The summed E-state index contributed by atoms with van der Waals surface area (Å²) in [6.07, 6.45) is 3.62. The van der Waals surface area contributed by atoms with E-state index in [4.69, 9.17) is 10.8 Å². The van der Waals surface area contributed by atoms with Gasteiger partial charge in [-0.15, -0.1) is 0 Å². The molecule has 0 aliphatic carbocycles. The number of nitrogens with two attached hydrogens (primary N) is 1. The van der Waals surface area contributed by atoms with Gasteiger partial charge in [0, 0.05) is 34.6 Å². The molecule has 1 amide bonds. The van der Waals surface area contributed by atoms with Crippen molar-refractivity contribution in [1.82, 2.24) is 9.97 Å². The molecule has 2 heterocycles. The fourth-order valence-corrected chi connectivity index (χ4v) is 3.23. The molecular formula is C23H20N4O3. The molecule has 0 aliphatic heterocycles.